The van der Waals surface area contributed by atoms with Gasteiger partial charge in [-0.1, -0.05) is 23.2 Å². The lowest BCUT2D eigenvalue weighted by atomic mass is 10.1. The van der Waals surface area contributed by atoms with Crippen molar-refractivity contribution in [3.05, 3.63) is 79.7 Å². The van der Waals surface area contributed by atoms with Crippen LogP contribution in [0.25, 0.3) is 17.1 Å². The Morgan fingerprint density at radius 3 is 2.46 bits per heavy atom. The molecule has 0 saturated carbocycles. The minimum Gasteiger partial charge on any atom is -0.578 e. The summed E-state index contributed by atoms with van der Waals surface area (Å²) in [6.07, 6.45) is -4.01. The molecule has 1 aliphatic heterocycles. The van der Waals surface area contributed by atoms with Gasteiger partial charge in [-0.15, -0.1) is 10.3 Å². The molecule has 1 saturated heterocycles. The van der Waals surface area contributed by atoms with E-state index in [1.165, 1.54) is 28.8 Å². The molecule has 0 spiro atoms. The quantitative estimate of drug-likeness (QED) is 0.369. The van der Waals surface area contributed by atoms with Crippen molar-refractivity contribution in [2.45, 2.75) is 18.6 Å². The molecule has 0 radical (unpaired) electrons. The van der Waals surface area contributed by atoms with Gasteiger partial charge in [0.25, 0.3) is 5.56 Å². The van der Waals surface area contributed by atoms with E-state index in [0.717, 1.165) is 19.2 Å². The third-order valence-corrected chi connectivity index (χ3v) is 6.01. The van der Waals surface area contributed by atoms with Crippen LogP contribution in [-0.2, 0) is 6.18 Å². The van der Waals surface area contributed by atoms with Crippen molar-refractivity contribution in [1.29, 1.82) is 0 Å². The molecule has 1 fully saturated rings. The van der Waals surface area contributed by atoms with Crippen molar-refractivity contribution in [3.63, 3.8) is 0 Å². The summed E-state index contributed by atoms with van der Waals surface area (Å²) in [5.74, 6) is 0.401. The van der Waals surface area contributed by atoms with Crippen LogP contribution in [0.4, 0.5) is 19.0 Å². The van der Waals surface area contributed by atoms with Crippen molar-refractivity contribution in [2.75, 3.05) is 25.0 Å². The smallest absolute Gasteiger partial charge is 0.416 e. The van der Waals surface area contributed by atoms with Crippen molar-refractivity contribution in [3.8, 4) is 17.1 Å². The van der Waals surface area contributed by atoms with Gasteiger partial charge in [-0.05, 0) is 48.9 Å². The number of halogens is 5. The highest BCUT2D eigenvalue weighted by Gasteiger charge is 2.31. The van der Waals surface area contributed by atoms with Crippen LogP contribution in [-0.4, -0.2) is 45.9 Å². The van der Waals surface area contributed by atoms with Gasteiger partial charge < -0.3 is 10.1 Å². The van der Waals surface area contributed by atoms with Gasteiger partial charge in [0, 0.05) is 29.7 Å². The Balaban J connectivity index is 1.81. The third-order valence-electron chi connectivity index (χ3n) is 5.46. The molecule has 2 unspecified atom stereocenters. The van der Waals surface area contributed by atoms with E-state index in [-0.39, 0.29) is 22.6 Å². The van der Waals surface area contributed by atoms with E-state index in [0.29, 0.717) is 35.9 Å². The normalized spacial score (nSPS) is 18.1. The van der Waals surface area contributed by atoms with Gasteiger partial charge in [-0.3, -0.25) is 9.36 Å². The Bertz CT molecular complexity index is 1290. The molecule has 0 amide bonds. The van der Waals surface area contributed by atoms with Gasteiger partial charge in [0.1, 0.15) is 12.9 Å². The lowest BCUT2D eigenvalue weighted by Gasteiger charge is -2.31. The van der Waals surface area contributed by atoms with Crippen molar-refractivity contribution < 1.29 is 23.3 Å². The summed E-state index contributed by atoms with van der Waals surface area (Å²) in [4.78, 5) is 18.0. The summed E-state index contributed by atoms with van der Waals surface area (Å²) in [5, 5.41) is 21.5. The van der Waals surface area contributed by atoms with Crippen LogP contribution in [0.3, 0.4) is 0 Å². The first kappa shape index (κ1) is 25.4. The van der Waals surface area contributed by atoms with E-state index in [9.17, 15) is 28.4 Å². The maximum atomic E-state index is 13.3. The van der Waals surface area contributed by atoms with E-state index in [1.54, 1.807) is 17.0 Å². The van der Waals surface area contributed by atoms with Crippen LogP contribution in [0.5, 0.6) is 0 Å². The molecule has 0 aliphatic carbocycles. The summed E-state index contributed by atoms with van der Waals surface area (Å²) in [6, 6.07) is 9.63. The summed E-state index contributed by atoms with van der Waals surface area (Å²) >= 11 is 12.4. The number of anilines is 1. The summed E-state index contributed by atoms with van der Waals surface area (Å²) in [5.41, 5.74) is 1.63. The van der Waals surface area contributed by atoms with Gasteiger partial charge in [0.2, 0.25) is 0 Å². The highest BCUT2D eigenvalue weighted by molar-refractivity contribution is 6.36. The van der Waals surface area contributed by atoms with E-state index in [4.69, 9.17) is 23.2 Å². The highest BCUT2D eigenvalue weighted by atomic mass is 35.5. The average molecular weight is 530 g/mol. The highest BCUT2D eigenvalue weighted by Crippen LogP contribution is 2.33. The number of hydroxylamine groups is 2. The first-order valence-corrected chi connectivity index (χ1v) is 11.2. The molecule has 2 atom stereocenters. The number of aromatic nitrogens is 2. The number of nitrogens with zero attached hydrogens (tertiary/aromatic N) is 4. The Kier molecular flexibility index (Phi) is 6.84. The number of hydrogen-bond acceptors (Lipinski definition) is 6. The predicted octanol–water partition coefficient (Wildman–Crippen LogP) is 4.64. The fourth-order valence-corrected chi connectivity index (χ4v) is 4.44. The molecule has 2 aromatic carbocycles. The zero-order valence-electron chi connectivity index (χ0n) is 18.3. The topological polar surface area (TPSA) is 93.5 Å². The Labute approximate surface area is 207 Å². The fraction of sp³-hybridized carbons (Fsp3) is 0.273. The largest absolute Gasteiger partial charge is 0.578 e. The maximum Gasteiger partial charge on any atom is 0.416 e. The molecule has 2 heterocycles. The Morgan fingerprint density at radius 2 is 1.86 bits per heavy atom. The SMILES string of the molecule is C[N+]([O-])(O)NC1CCN(c2cc(=O)n(-c3ccc(C(F)(F)F)cc3)c(-c3ccc(Cl)cc3Cl)n2)C1. The lowest BCUT2D eigenvalue weighted by molar-refractivity contribution is -1.09. The predicted molar refractivity (Wildman–Crippen MR) is 125 cm³/mol. The maximum absolute atomic E-state index is 13.3. The van der Waals surface area contributed by atoms with Crippen LogP contribution in [0.15, 0.2) is 53.3 Å². The summed E-state index contributed by atoms with van der Waals surface area (Å²) in [6.45, 7) is 0.739. The molecule has 8 nitrogen and oxygen atoms in total. The minimum atomic E-state index is -4.53. The molecule has 0 bridgehead atoms. The molecule has 1 aliphatic rings. The number of hydrogen-bond donors (Lipinski definition) is 2. The van der Waals surface area contributed by atoms with Gasteiger partial charge in [-0.25, -0.2) is 4.98 Å². The number of rotatable bonds is 5. The van der Waals surface area contributed by atoms with Crippen molar-refractivity contribution >= 4 is 29.0 Å². The third kappa shape index (κ3) is 5.77. The zero-order valence-corrected chi connectivity index (χ0v) is 19.8. The summed E-state index contributed by atoms with van der Waals surface area (Å²) in [7, 11) is 1.03. The lowest BCUT2D eigenvalue weighted by Crippen LogP contribution is -2.53. The second-order valence-corrected chi connectivity index (χ2v) is 9.06. The first-order valence-electron chi connectivity index (χ1n) is 10.4. The molecule has 3 aromatic rings. The van der Waals surface area contributed by atoms with E-state index < -0.39 is 22.2 Å². The van der Waals surface area contributed by atoms with E-state index in [1.807, 2.05) is 0 Å². The molecular formula is C22H20Cl2F3N5O3. The average Bonchev–Trinajstić information content (AvgIpc) is 3.19. The van der Waals surface area contributed by atoms with E-state index >= 15 is 0 Å². The van der Waals surface area contributed by atoms with E-state index in [2.05, 4.69) is 10.4 Å². The van der Waals surface area contributed by atoms with Gasteiger partial charge in [-0.2, -0.15) is 18.4 Å². The Morgan fingerprint density at radius 1 is 1.17 bits per heavy atom. The minimum absolute atomic E-state index is 0.108. The zero-order chi connectivity index (χ0) is 25.5. The van der Waals surface area contributed by atoms with Crippen molar-refractivity contribution in [1.82, 2.24) is 15.0 Å². The molecule has 13 heteroatoms. The fourth-order valence-electron chi connectivity index (χ4n) is 3.95. The molecular weight excluding hydrogens is 510 g/mol. The first-order chi connectivity index (χ1) is 16.3. The van der Waals surface area contributed by atoms with Crippen LogP contribution in [0.1, 0.15) is 12.0 Å². The molecule has 1 aromatic heterocycles. The molecule has 186 valence electrons. The second kappa shape index (κ2) is 9.41. The molecule has 4 rings (SSSR count). The van der Waals surface area contributed by atoms with Crippen LogP contribution in [0.2, 0.25) is 10.0 Å². The standard InChI is InChI=1S/C22H20Cl2F3N5O3/c1-32(34,35)29-15-8-9-30(12-15)19-11-20(33)31(16-5-2-13(3-6-16)22(25,26)27)21(28-19)17-7-4-14(23)10-18(17)24/h2-7,10-11,15,29,34H,8-9,12H2,1H3. The van der Waals surface area contributed by atoms with Gasteiger partial charge in [0.05, 0.1) is 22.3 Å². The monoisotopic (exact) mass is 529 g/mol. The second-order valence-electron chi connectivity index (χ2n) is 8.22. The molecule has 35 heavy (non-hydrogen) atoms. The molecule has 2 N–H and O–H groups in total. The summed E-state index contributed by atoms with van der Waals surface area (Å²) < 4.78 is 40.3. The van der Waals surface area contributed by atoms with Gasteiger partial charge in [0.15, 0.2) is 5.82 Å². The van der Waals surface area contributed by atoms with Gasteiger partial charge >= 0.3 is 6.18 Å². The van der Waals surface area contributed by atoms with Crippen LogP contribution >= 0.6 is 23.2 Å². The van der Waals surface area contributed by atoms with Crippen molar-refractivity contribution in [2.24, 2.45) is 0 Å². The van der Waals surface area contributed by atoms with Crippen LogP contribution in [0, 0.1) is 5.21 Å². The Hall–Kier alpha value is -2.67. The number of nitrogens with one attached hydrogen (secondary N) is 1. The number of quaternary nitrogens is 1. The number of alkyl halides is 3. The van der Waals surface area contributed by atoms with Crippen LogP contribution < -0.4 is 15.9 Å². The number of benzene rings is 2.